The number of hydrogen-bond donors (Lipinski definition) is 2. The molecule has 0 radical (unpaired) electrons. The molecule has 0 aliphatic heterocycles. The van der Waals surface area contributed by atoms with Gasteiger partial charge in [0.2, 0.25) is 0 Å². The maximum Gasteiger partial charge on any atom is 0.154 e. The van der Waals surface area contributed by atoms with Crippen LogP contribution in [0.3, 0.4) is 0 Å². The quantitative estimate of drug-likeness (QED) is 0.800. The zero-order chi connectivity index (χ0) is 11.6. The second-order valence-electron chi connectivity index (χ2n) is 4.11. The number of alkyl halides is 1. The second-order valence-corrected chi connectivity index (χ2v) is 4.11. The van der Waals surface area contributed by atoms with Crippen LogP contribution in [0, 0.1) is 12.8 Å². The normalized spacial score (nSPS) is 15.3. The molecule has 0 aliphatic rings. The van der Waals surface area contributed by atoms with Crippen molar-refractivity contribution < 1.29 is 4.39 Å². The number of nitrogens with zero attached hydrogens (tertiary/aromatic N) is 1. The molecule has 1 atom stereocenters. The summed E-state index contributed by atoms with van der Waals surface area (Å²) in [5.74, 6) is 0.00403. The molecule has 0 spiro atoms. The van der Waals surface area contributed by atoms with Gasteiger partial charge in [0, 0.05) is 18.3 Å². The van der Waals surface area contributed by atoms with E-state index in [4.69, 9.17) is 11.5 Å². The molecule has 0 bridgehead atoms. The van der Waals surface area contributed by atoms with Gasteiger partial charge in [-0.1, -0.05) is 13.8 Å². The van der Waals surface area contributed by atoms with Gasteiger partial charge in [0.1, 0.15) is 5.82 Å². The van der Waals surface area contributed by atoms with Crippen molar-refractivity contribution in [1.82, 2.24) is 4.98 Å². The van der Waals surface area contributed by atoms with Gasteiger partial charge in [-0.05, 0) is 24.5 Å². The zero-order valence-electron chi connectivity index (χ0n) is 9.42. The molecule has 4 heteroatoms. The Labute approximate surface area is 89.7 Å². The number of aromatic nitrogens is 1. The SMILES string of the molecule is Cc1ccnc(N)c1C(F)(CN)C(C)C. The van der Waals surface area contributed by atoms with Crippen molar-refractivity contribution in [2.45, 2.75) is 26.4 Å². The minimum atomic E-state index is -1.59. The number of rotatable bonds is 3. The van der Waals surface area contributed by atoms with Gasteiger partial charge in [-0.3, -0.25) is 0 Å². The first-order valence-corrected chi connectivity index (χ1v) is 5.04. The minimum absolute atomic E-state index is 0.0819. The van der Waals surface area contributed by atoms with Gasteiger partial charge in [0.15, 0.2) is 5.67 Å². The van der Waals surface area contributed by atoms with Crippen LogP contribution in [-0.4, -0.2) is 11.5 Å². The van der Waals surface area contributed by atoms with E-state index in [1.807, 2.05) is 6.92 Å². The lowest BCUT2D eigenvalue weighted by molar-refractivity contribution is 0.109. The number of nitrogens with two attached hydrogens (primary N) is 2. The topological polar surface area (TPSA) is 64.9 Å². The summed E-state index contributed by atoms with van der Waals surface area (Å²) in [4.78, 5) is 3.92. The van der Waals surface area contributed by atoms with Crippen LogP contribution in [0.5, 0.6) is 0 Å². The molecule has 1 rings (SSSR count). The third-order valence-electron chi connectivity index (χ3n) is 2.82. The third-order valence-corrected chi connectivity index (χ3v) is 2.82. The summed E-state index contributed by atoms with van der Waals surface area (Å²) in [6.07, 6.45) is 1.57. The van der Waals surface area contributed by atoms with Crippen LogP contribution < -0.4 is 11.5 Å². The zero-order valence-corrected chi connectivity index (χ0v) is 9.42. The van der Waals surface area contributed by atoms with E-state index in [0.717, 1.165) is 5.56 Å². The number of pyridine rings is 1. The van der Waals surface area contributed by atoms with E-state index in [-0.39, 0.29) is 18.3 Å². The van der Waals surface area contributed by atoms with E-state index in [1.165, 1.54) is 0 Å². The highest BCUT2D eigenvalue weighted by Gasteiger charge is 2.37. The van der Waals surface area contributed by atoms with Gasteiger partial charge in [0.05, 0.1) is 0 Å². The summed E-state index contributed by atoms with van der Waals surface area (Å²) in [5.41, 5.74) is 10.9. The standard InChI is InChI=1S/C11H18FN3/c1-7(2)11(12,6-13)9-8(3)4-5-15-10(9)14/h4-5,7H,6,13H2,1-3H3,(H2,14,15). The van der Waals surface area contributed by atoms with Crippen LogP contribution in [0.15, 0.2) is 12.3 Å². The highest BCUT2D eigenvalue weighted by Crippen LogP contribution is 2.37. The maximum absolute atomic E-state index is 14.7. The predicted octanol–water partition coefficient (Wildman–Crippen LogP) is 1.75. The van der Waals surface area contributed by atoms with Crippen molar-refractivity contribution in [2.75, 3.05) is 12.3 Å². The molecule has 1 aromatic heterocycles. The Hall–Kier alpha value is -1.16. The fourth-order valence-electron chi connectivity index (χ4n) is 1.75. The molecule has 1 heterocycles. The van der Waals surface area contributed by atoms with Crippen LogP contribution in [0.2, 0.25) is 0 Å². The van der Waals surface area contributed by atoms with Crippen LogP contribution in [0.4, 0.5) is 10.2 Å². The summed E-state index contributed by atoms with van der Waals surface area (Å²) in [7, 11) is 0. The van der Waals surface area contributed by atoms with E-state index < -0.39 is 5.67 Å². The predicted molar refractivity (Wildman–Crippen MR) is 60.1 cm³/mol. The van der Waals surface area contributed by atoms with E-state index in [0.29, 0.717) is 5.56 Å². The number of halogens is 1. The van der Waals surface area contributed by atoms with Gasteiger partial charge < -0.3 is 11.5 Å². The first-order chi connectivity index (χ1) is 6.93. The molecular weight excluding hydrogens is 193 g/mol. The van der Waals surface area contributed by atoms with Gasteiger partial charge in [-0.15, -0.1) is 0 Å². The summed E-state index contributed by atoms with van der Waals surface area (Å²) < 4.78 is 14.7. The lowest BCUT2D eigenvalue weighted by Gasteiger charge is -2.30. The summed E-state index contributed by atoms with van der Waals surface area (Å²) in [6.45, 7) is 5.32. The van der Waals surface area contributed by atoms with E-state index in [2.05, 4.69) is 4.98 Å². The number of aryl methyl sites for hydroxylation is 1. The summed E-state index contributed by atoms with van der Waals surface area (Å²) in [5, 5.41) is 0. The maximum atomic E-state index is 14.7. The van der Waals surface area contributed by atoms with Crippen molar-refractivity contribution in [3.63, 3.8) is 0 Å². The lowest BCUT2D eigenvalue weighted by Crippen LogP contribution is -2.37. The van der Waals surface area contributed by atoms with Gasteiger partial charge >= 0.3 is 0 Å². The van der Waals surface area contributed by atoms with Crippen molar-refractivity contribution in [3.8, 4) is 0 Å². The molecule has 1 aromatic rings. The van der Waals surface area contributed by atoms with E-state index >= 15 is 0 Å². The molecule has 0 fully saturated rings. The van der Waals surface area contributed by atoms with Crippen molar-refractivity contribution in [1.29, 1.82) is 0 Å². The number of nitrogen functional groups attached to an aromatic ring is 1. The van der Waals surface area contributed by atoms with Crippen LogP contribution >= 0.6 is 0 Å². The Morgan fingerprint density at radius 3 is 2.53 bits per heavy atom. The van der Waals surface area contributed by atoms with Gasteiger partial charge in [0.25, 0.3) is 0 Å². The molecule has 3 nitrogen and oxygen atoms in total. The van der Waals surface area contributed by atoms with Crippen LogP contribution in [-0.2, 0) is 5.67 Å². The monoisotopic (exact) mass is 211 g/mol. The van der Waals surface area contributed by atoms with Gasteiger partial charge in [-0.2, -0.15) is 0 Å². The van der Waals surface area contributed by atoms with Crippen LogP contribution in [0.1, 0.15) is 25.0 Å². The molecule has 0 amide bonds. The van der Waals surface area contributed by atoms with Crippen molar-refractivity contribution >= 4 is 5.82 Å². The van der Waals surface area contributed by atoms with E-state index in [1.54, 1.807) is 26.1 Å². The summed E-state index contributed by atoms with van der Waals surface area (Å²) >= 11 is 0. The fourth-order valence-corrected chi connectivity index (χ4v) is 1.75. The van der Waals surface area contributed by atoms with Crippen LogP contribution in [0.25, 0.3) is 0 Å². The number of anilines is 1. The average molecular weight is 211 g/mol. The Morgan fingerprint density at radius 2 is 2.13 bits per heavy atom. The molecule has 0 saturated heterocycles. The second kappa shape index (κ2) is 4.14. The Kier molecular flexibility index (Phi) is 3.29. The fraction of sp³-hybridized carbons (Fsp3) is 0.545. The molecule has 4 N–H and O–H groups in total. The Balaban J connectivity index is 3.35. The largest absolute Gasteiger partial charge is 0.383 e. The first-order valence-electron chi connectivity index (χ1n) is 5.04. The summed E-state index contributed by atoms with van der Waals surface area (Å²) in [6, 6.07) is 1.75. The highest BCUT2D eigenvalue weighted by molar-refractivity contribution is 5.48. The van der Waals surface area contributed by atoms with E-state index in [9.17, 15) is 4.39 Å². The molecule has 0 aliphatic carbocycles. The Morgan fingerprint density at radius 1 is 1.53 bits per heavy atom. The Bertz CT molecular complexity index is 331. The molecule has 0 aromatic carbocycles. The van der Waals surface area contributed by atoms with Crippen molar-refractivity contribution in [3.05, 3.63) is 23.4 Å². The molecule has 15 heavy (non-hydrogen) atoms. The lowest BCUT2D eigenvalue weighted by atomic mass is 9.83. The number of hydrogen-bond acceptors (Lipinski definition) is 3. The smallest absolute Gasteiger partial charge is 0.154 e. The molecule has 84 valence electrons. The average Bonchev–Trinajstić information content (AvgIpc) is 2.16. The third kappa shape index (κ3) is 1.95. The highest BCUT2D eigenvalue weighted by atomic mass is 19.1. The molecule has 1 unspecified atom stereocenters. The van der Waals surface area contributed by atoms with Gasteiger partial charge in [-0.25, -0.2) is 9.37 Å². The minimum Gasteiger partial charge on any atom is -0.383 e. The molecular formula is C11H18FN3. The first kappa shape index (κ1) is 11.9. The van der Waals surface area contributed by atoms with Crippen molar-refractivity contribution in [2.24, 2.45) is 11.7 Å². The molecule has 0 saturated carbocycles.